The predicted molar refractivity (Wildman–Crippen MR) is 90.8 cm³/mol. The number of hydrogen-bond acceptors (Lipinski definition) is 1. The van der Waals surface area contributed by atoms with Crippen LogP contribution in [0.5, 0.6) is 0 Å². The largest absolute Gasteiger partial charge is 0.361 e. The van der Waals surface area contributed by atoms with Crippen molar-refractivity contribution in [2.75, 3.05) is 0 Å². The zero-order valence-corrected chi connectivity index (χ0v) is 13.7. The van der Waals surface area contributed by atoms with Crippen LogP contribution in [0.1, 0.15) is 51.0 Å². The third-order valence-electron chi connectivity index (χ3n) is 5.01. The Morgan fingerprint density at radius 2 is 2.26 bits per heavy atom. The maximum absolute atomic E-state index is 13.2. The number of carbonyl (C=O) groups excluding carboxylic acids is 1. The highest BCUT2D eigenvalue weighted by Crippen LogP contribution is 2.30. The van der Waals surface area contributed by atoms with Crippen LogP contribution in [0, 0.1) is 11.7 Å². The second-order valence-corrected chi connectivity index (χ2v) is 6.69. The van der Waals surface area contributed by atoms with Crippen LogP contribution in [0.3, 0.4) is 0 Å². The molecule has 0 spiro atoms. The van der Waals surface area contributed by atoms with E-state index >= 15 is 0 Å². The maximum Gasteiger partial charge on any atom is 0.224 e. The summed E-state index contributed by atoms with van der Waals surface area (Å²) in [5.41, 5.74) is 1.68. The van der Waals surface area contributed by atoms with Gasteiger partial charge in [0, 0.05) is 23.1 Å². The number of halogens is 1. The van der Waals surface area contributed by atoms with Gasteiger partial charge in [-0.05, 0) is 48.9 Å². The van der Waals surface area contributed by atoms with Crippen LogP contribution in [0.2, 0.25) is 0 Å². The highest BCUT2D eigenvalue weighted by atomic mass is 19.1. The van der Waals surface area contributed by atoms with Gasteiger partial charge in [-0.25, -0.2) is 4.39 Å². The van der Waals surface area contributed by atoms with Crippen molar-refractivity contribution in [1.82, 2.24) is 10.3 Å². The van der Waals surface area contributed by atoms with E-state index in [4.69, 9.17) is 0 Å². The third kappa shape index (κ3) is 3.74. The SMILES string of the molecule is CCCCC1CCCC1NC(=O)Cc1c[nH]c2cc(F)ccc12. The molecule has 2 atom stereocenters. The molecule has 1 heterocycles. The zero-order chi connectivity index (χ0) is 16.2. The molecule has 1 aromatic heterocycles. The third-order valence-corrected chi connectivity index (χ3v) is 5.01. The Kier molecular flexibility index (Phi) is 4.99. The van der Waals surface area contributed by atoms with Gasteiger partial charge in [0.15, 0.2) is 0 Å². The van der Waals surface area contributed by atoms with Gasteiger partial charge >= 0.3 is 0 Å². The van der Waals surface area contributed by atoms with E-state index in [1.54, 1.807) is 6.07 Å². The number of nitrogens with one attached hydrogen (secondary N) is 2. The van der Waals surface area contributed by atoms with Gasteiger partial charge in [0.25, 0.3) is 0 Å². The molecule has 1 aromatic carbocycles. The van der Waals surface area contributed by atoms with Crippen molar-refractivity contribution in [3.63, 3.8) is 0 Å². The number of rotatable bonds is 6. The van der Waals surface area contributed by atoms with Gasteiger partial charge < -0.3 is 10.3 Å². The molecule has 2 aromatic rings. The molecule has 1 saturated carbocycles. The maximum atomic E-state index is 13.2. The second-order valence-electron chi connectivity index (χ2n) is 6.69. The lowest BCUT2D eigenvalue weighted by Gasteiger charge is -2.20. The Balaban J connectivity index is 1.62. The normalized spacial score (nSPS) is 21.0. The van der Waals surface area contributed by atoms with Crippen LogP contribution in [0.15, 0.2) is 24.4 Å². The summed E-state index contributed by atoms with van der Waals surface area (Å²) in [6.45, 7) is 2.21. The van der Waals surface area contributed by atoms with Crippen molar-refractivity contribution in [1.29, 1.82) is 0 Å². The van der Waals surface area contributed by atoms with Crippen molar-refractivity contribution in [2.45, 2.75) is 57.9 Å². The van der Waals surface area contributed by atoms with Gasteiger partial charge in [-0.3, -0.25) is 4.79 Å². The van der Waals surface area contributed by atoms with Crippen LogP contribution < -0.4 is 5.32 Å². The summed E-state index contributed by atoms with van der Waals surface area (Å²) in [7, 11) is 0. The number of H-pyrrole nitrogens is 1. The molecule has 0 saturated heterocycles. The fraction of sp³-hybridized carbons (Fsp3) is 0.526. The van der Waals surface area contributed by atoms with Crippen molar-refractivity contribution < 1.29 is 9.18 Å². The Bertz CT molecular complexity index is 679. The van der Waals surface area contributed by atoms with Gasteiger partial charge in [0.2, 0.25) is 5.91 Å². The summed E-state index contributed by atoms with van der Waals surface area (Å²) in [6.07, 6.45) is 9.37. The molecule has 1 aliphatic carbocycles. The monoisotopic (exact) mass is 316 g/mol. The molecule has 0 bridgehead atoms. The summed E-state index contributed by atoms with van der Waals surface area (Å²) in [5.74, 6) is 0.444. The molecule has 1 aliphatic rings. The molecular formula is C19H25FN2O. The molecule has 3 nitrogen and oxygen atoms in total. The highest BCUT2D eigenvalue weighted by Gasteiger charge is 2.27. The lowest BCUT2D eigenvalue weighted by Crippen LogP contribution is -2.38. The average Bonchev–Trinajstić information content (AvgIpc) is 3.12. The van der Waals surface area contributed by atoms with Crippen LogP contribution in [-0.2, 0) is 11.2 Å². The van der Waals surface area contributed by atoms with Crippen LogP contribution in [0.25, 0.3) is 10.9 Å². The van der Waals surface area contributed by atoms with E-state index < -0.39 is 0 Å². The van der Waals surface area contributed by atoms with E-state index in [0.717, 1.165) is 22.9 Å². The molecule has 23 heavy (non-hydrogen) atoms. The van der Waals surface area contributed by atoms with Crippen LogP contribution in [0.4, 0.5) is 4.39 Å². The predicted octanol–water partition coefficient (Wildman–Crippen LogP) is 4.32. The van der Waals surface area contributed by atoms with E-state index in [2.05, 4.69) is 17.2 Å². The van der Waals surface area contributed by atoms with E-state index in [-0.39, 0.29) is 11.7 Å². The summed E-state index contributed by atoms with van der Waals surface area (Å²) in [5, 5.41) is 4.15. The van der Waals surface area contributed by atoms with Gasteiger partial charge in [0.05, 0.1) is 6.42 Å². The minimum Gasteiger partial charge on any atom is -0.361 e. The van der Waals surface area contributed by atoms with Gasteiger partial charge in [-0.1, -0.05) is 26.2 Å². The van der Waals surface area contributed by atoms with E-state index in [1.165, 1.54) is 44.2 Å². The fourth-order valence-corrected chi connectivity index (χ4v) is 3.77. The average molecular weight is 316 g/mol. The molecule has 2 N–H and O–H groups in total. The summed E-state index contributed by atoms with van der Waals surface area (Å²) in [6, 6.07) is 4.98. The topological polar surface area (TPSA) is 44.9 Å². The van der Waals surface area contributed by atoms with E-state index in [9.17, 15) is 9.18 Å². The first kappa shape index (κ1) is 16.0. The zero-order valence-electron chi connectivity index (χ0n) is 13.7. The van der Waals surface area contributed by atoms with Gasteiger partial charge in [-0.2, -0.15) is 0 Å². The van der Waals surface area contributed by atoms with E-state index in [0.29, 0.717) is 18.4 Å². The minimum absolute atomic E-state index is 0.0728. The lowest BCUT2D eigenvalue weighted by atomic mass is 9.96. The number of fused-ring (bicyclic) bond motifs is 1. The smallest absolute Gasteiger partial charge is 0.224 e. The van der Waals surface area contributed by atoms with Crippen LogP contribution >= 0.6 is 0 Å². The Hall–Kier alpha value is -1.84. The molecule has 1 amide bonds. The quantitative estimate of drug-likeness (QED) is 0.819. The Morgan fingerprint density at radius 1 is 1.39 bits per heavy atom. The summed E-state index contributed by atoms with van der Waals surface area (Å²) < 4.78 is 13.2. The number of unbranched alkanes of at least 4 members (excludes halogenated alkanes) is 1. The second kappa shape index (κ2) is 7.16. The van der Waals surface area contributed by atoms with Gasteiger partial charge in [0.1, 0.15) is 5.82 Å². The van der Waals surface area contributed by atoms with E-state index in [1.807, 2.05) is 6.20 Å². The standard InChI is InChI=1S/C19H25FN2O/c1-2-3-5-13-6-4-7-17(13)22-19(23)10-14-12-21-18-11-15(20)8-9-16(14)18/h8-9,11-13,17,21H,2-7,10H2,1H3,(H,22,23). The fourth-order valence-electron chi connectivity index (χ4n) is 3.77. The number of carbonyl (C=O) groups is 1. The summed E-state index contributed by atoms with van der Waals surface area (Å²) >= 11 is 0. The molecule has 2 unspecified atom stereocenters. The van der Waals surface area contributed by atoms with Crippen molar-refractivity contribution in [2.24, 2.45) is 5.92 Å². The number of hydrogen-bond donors (Lipinski definition) is 2. The Labute approximate surface area is 136 Å². The summed E-state index contributed by atoms with van der Waals surface area (Å²) in [4.78, 5) is 15.4. The van der Waals surface area contributed by atoms with Crippen LogP contribution in [-0.4, -0.2) is 16.9 Å². The highest BCUT2D eigenvalue weighted by molar-refractivity contribution is 5.89. The van der Waals surface area contributed by atoms with Crippen molar-refractivity contribution in [3.8, 4) is 0 Å². The first-order valence-electron chi connectivity index (χ1n) is 8.72. The number of aromatic amines is 1. The number of aromatic nitrogens is 1. The number of amides is 1. The molecule has 0 aliphatic heterocycles. The first-order chi connectivity index (χ1) is 11.2. The molecule has 4 heteroatoms. The Morgan fingerprint density at radius 3 is 3.09 bits per heavy atom. The van der Waals surface area contributed by atoms with Crippen molar-refractivity contribution in [3.05, 3.63) is 35.8 Å². The molecule has 3 rings (SSSR count). The lowest BCUT2D eigenvalue weighted by molar-refractivity contribution is -0.121. The molecule has 124 valence electrons. The minimum atomic E-state index is -0.264. The molecular weight excluding hydrogens is 291 g/mol. The van der Waals surface area contributed by atoms with Crippen molar-refractivity contribution >= 4 is 16.8 Å². The number of benzene rings is 1. The van der Waals surface area contributed by atoms with Gasteiger partial charge in [-0.15, -0.1) is 0 Å². The molecule has 0 radical (unpaired) electrons. The first-order valence-corrected chi connectivity index (χ1v) is 8.72. The molecule has 1 fully saturated rings.